The highest BCUT2D eigenvalue weighted by Crippen LogP contribution is 2.34. The number of aromatic nitrogens is 2. The first-order valence-electron chi connectivity index (χ1n) is 10.9. The molecule has 2 aromatic rings. The first-order chi connectivity index (χ1) is 16.1. The number of alkyl halides is 3. The summed E-state index contributed by atoms with van der Waals surface area (Å²) in [5.41, 5.74) is 0.0264. The zero-order chi connectivity index (χ0) is 24.5. The lowest BCUT2D eigenvalue weighted by atomic mass is 9.94. The molecule has 1 aliphatic heterocycles. The van der Waals surface area contributed by atoms with Gasteiger partial charge in [-0.15, -0.1) is 13.2 Å². The van der Waals surface area contributed by atoms with E-state index < -0.39 is 24.0 Å². The Hall–Kier alpha value is -3.09. The molecule has 2 N–H and O–H groups in total. The van der Waals surface area contributed by atoms with Crippen LogP contribution in [0.3, 0.4) is 0 Å². The average Bonchev–Trinajstić information content (AvgIpc) is 3.50. The lowest BCUT2D eigenvalue weighted by Crippen LogP contribution is -2.56. The number of aliphatic hydroxyl groups excluding tert-OH is 1. The minimum Gasteiger partial charge on any atom is -0.406 e. The third kappa shape index (κ3) is 5.88. The molecule has 186 valence electrons. The largest absolute Gasteiger partial charge is 0.573 e. The minimum absolute atomic E-state index is 0.0149. The van der Waals surface area contributed by atoms with Gasteiger partial charge in [0.05, 0.1) is 6.04 Å². The quantitative estimate of drug-likeness (QED) is 0.579. The maximum Gasteiger partial charge on any atom is 0.573 e. The van der Waals surface area contributed by atoms with Gasteiger partial charge in [-0.2, -0.15) is 4.98 Å². The van der Waals surface area contributed by atoms with E-state index in [1.165, 1.54) is 0 Å². The number of nitrogens with one attached hydrogen (secondary N) is 1. The second-order valence-corrected chi connectivity index (χ2v) is 8.57. The van der Waals surface area contributed by atoms with Crippen LogP contribution in [0.25, 0.3) is 0 Å². The van der Waals surface area contributed by atoms with Gasteiger partial charge in [-0.05, 0) is 32.3 Å². The summed E-state index contributed by atoms with van der Waals surface area (Å²) < 4.78 is 60.2. The number of aryl methyl sites for hydroxylation is 1. The molecule has 9 nitrogen and oxygen atoms in total. The molecule has 1 aromatic heterocycles. The zero-order valence-electron chi connectivity index (χ0n) is 18.4. The molecule has 4 rings (SSSR count). The average molecular weight is 487 g/mol. The van der Waals surface area contributed by atoms with Gasteiger partial charge in [-0.1, -0.05) is 11.2 Å². The number of halogens is 4. The molecular formula is C21H25F4N5O4. The van der Waals surface area contributed by atoms with E-state index in [1.807, 2.05) is 4.90 Å². The van der Waals surface area contributed by atoms with Gasteiger partial charge in [0.2, 0.25) is 0 Å². The van der Waals surface area contributed by atoms with Gasteiger partial charge in [0, 0.05) is 49.8 Å². The maximum atomic E-state index is 14.3. The van der Waals surface area contributed by atoms with Crippen LogP contribution in [0.1, 0.15) is 30.7 Å². The van der Waals surface area contributed by atoms with Crippen LogP contribution < -0.4 is 15.0 Å². The van der Waals surface area contributed by atoms with Crippen molar-refractivity contribution in [3.05, 3.63) is 35.4 Å². The van der Waals surface area contributed by atoms with Gasteiger partial charge in [0.25, 0.3) is 0 Å². The Morgan fingerprint density at radius 1 is 1.32 bits per heavy atom. The van der Waals surface area contributed by atoms with E-state index in [-0.39, 0.29) is 36.7 Å². The second-order valence-electron chi connectivity index (χ2n) is 8.57. The summed E-state index contributed by atoms with van der Waals surface area (Å²) in [5, 5.41) is 16.3. The van der Waals surface area contributed by atoms with Gasteiger partial charge < -0.3 is 29.5 Å². The Balaban J connectivity index is 1.43. The summed E-state index contributed by atoms with van der Waals surface area (Å²) >= 11 is 0. The van der Waals surface area contributed by atoms with Crippen molar-refractivity contribution < 1.29 is 36.7 Å². The van der Waals surface area contributed by atoms with E-state index >= 15 is 0 Å². The highest BCUT2D eigenvalue weighted by Gasteiger charge is 2.41. The fourth-order valence-corrected chi connectivity index (χ4v) is 4.19. The van der Waals surface area contributed by atoms with Crippen LogP contribution in [-0.2, 0) is 6.54 Å². The molecule has 2 fully saturated rings. The van der Waals surface area contributed by atoms with Gasteiger partial charge in [0.1, 0.15) is 11.6 Å². The molecule has 2 atom stereocenters. The van der Waals surface area contributed by atoms with Crippen molar-refractivity contribution in [2.75, 3.05) is 24.6 Å². The van der Waals surface area contributed by atoms with Crippen LogP contribution in [-0.4, -0.2) is 64.3 Å². The van der Waals surface area contributed by atoms with Crippen molar-refractivity contribution in [1.82, 2.24) is 20.4 Å². The molecule has 0 spiro atoms. The summed E-state index contributed by atoms with van der Waals surface area (Å²) in [6.07, 6.45) is -2.70. The van der Waals surface area contributed by atoms with E-state index in [2.05, 4.69) is 20.2 Å². The van der Waals surface area contributed by atoms with Crippen LogP contribution in [0.5, 0.6) is 5.75 Å². The number of aliphatic hydroxyl groups is 1. The molecule has 0 unspecified atom stereocenters. The van der Waals surface area contributed by atoms with E-state index in [0.717, 1.165) is 25.0 Å². The van der Waals surface area contributed by atoms with Crippen molar-refractivity contribution >= 4 is 12.0 Å². The fourth-order valence-electron chi connectivity index (χ4n) is 4.19. The normalized spacial score (nSPS) is 20.8. The number of nitrogens with zero attached hydrogens (tertiary/aromatic N) is 4. The van der Waals surface area contributed by atoms with Crippen LogP contribution >= 0.6 is 0 Å². The first kappa shape index (κ1) is 24.0. The van der Waals surface area contributed by atoms with E-state index in [9.17, 15) is 27.5 Å². The molecule has 1 aliphatic carbocycles. The summed E-state index contributed by atoms with van der Waals surface area (Å²) in [6, 6.07) is 2.43. The molecule has 1 aromatic carbocycles. The van der Waals surface area contributed by atoms with Crippen LogP contribution in [0.4, 0.5) is 28.4 Å². The number of benzene rings is 1. The third-order valence-corrected chi connectivity index (χ3v) is 5.82. The van der Waals surface area contributed by atoms with Crippen molar-refractivity contribution in [2.24, 2.45) is 5.92 Å². The number of urea groups is 1. The van der Waals surface area contributed by atoms with Gasteiger partial charge in [-0.25, -0.2) is 9.18 Å². The summed E-state index contributed by atoms with van der Waals surface area (Å²) in [5.74, 6) is -1.23. The topological polar surface area (TPSA) is 104 Å². The predicted molar refractivity (Wildman–Crippen MR) is 110 cm³/mol. The van der Waals surface area contributed by atoms with E-state index in [0.29, 0.717) is 37.4 Å². The molecule has 2 amide bonds. The summed E-state index contributed by atoms with van der Waals surface area (Å²) in [4.78, 5) is 20.9. The number of hydrogen-bond acceptors (Lipinski definition) is 7. The fraction of sp³-hybridized carbons (Fsp3) is 0.571. The van der Waals surface area contributed by atoms with Gasteiger partial charge in [0.15, 0.2) is 5.82 Å². The van der Waals surface area contributed by atoms with Crippen molar-refractivity contribution in [3.63, 3.8) is 0 Å². The number of carbonyl (C=O) groups excluding carboxylic acids is 1. The van der Waals surface area contributed by atoms with E-state index in [1.54, 1.807) is 11.8 Å². The van der Waals surface area contributed by atoms with Crippen molar-refractivity contribution in [2.45, 2.75) is 51.2 Å². The van der Waals surface area contributed by atoms with Gasteiger partial charge in [-0.3, -0.25) is 0 Å². The Bertz CT molecular complexity index is 1010. The van der Waals surface area contributed by atoms with Crippen molar-refractivity contribution in [3.8, 4) is 5.75 Å². The molecule has 0 radical (unpaired) electrons. The number of hydrogen-bond donors (Lipinski definition) is 2. The Kier molecular flexibility index (Phi) is 6.82. The Morgan fingerprint density at radius 2 is 2.09 bits per heavy atom. The number of ether oxygens (including phenoxy) is 1. The predicted octanol–water partition coefficient (Wildman–Crippen LogP) is 2.98. The van der Waals surface area contributed by atoms with E-state index in [4.69, 9.17) is 4.52 Å². The number of carbonyl (C=O) groups is 1. The summed E-state index contributed by atoms with van der Waals surface area (Å²) in [7, 11) is 0. The standard InChI is InChI=1S/C21H25F4N5O4/c1-12-27-20(34-28-12)29-9-13(11-31)6-16(10-29)30(15-3-4-15)19(32)26-8-14-2-5-17(7-18(14)22)33-21(23,24)25/h2,5,7,13,15-16,31H,3-4,6,8-11H2,1H3,(H,26,32)/t13-,16+/m0/s1. The van der Waals surface area contributed by atoms with Crippen LogP contribution in [0.2, 0.25) is 0 Å². The Labute approximate surface area is 192 Å². The number of anilines is 1. The minimum atomic E-state index is -4.92. The highest BCUT2D eigenvalue weighted by molar-refractivity contribution is 5.75. The number of rotatable bonds is 7. The number of piperidine rings is 1. The first-order valence-corrected chi connectivity index (χ1v) is 10.9. The molecule has 1 saturated carbocycles. The Morgan fingerprint density at radius 3 is 2.68 bits per heavy atom. The highest BCUT2D eigenvalue weighted by atomic mass is 19.4. The summed E-state index contributed by atoms with van der Waals surface area (Å²) in [6.45, 7) is 2.36. The third-order valence-electron chi connectivity index (χ3n) is 5.82. The maximum absolute atomic E-state index is 14.3. The molecule has 1 saturated heterocycles. The molecule has 2 heterocycles. The lowest BCUT2D eigenvalue weighted by Gasteiger charge is -2.41. The monoisotopic (exact) mass is 487 g/mol. The SMILES string of the molecule is Cc1noc(N2C[C@@H](CO)C[C@@H](N(C(=O)NCc3ccc(OC(F)(F)F)cc3F)C3CC3)C2)n1. The van der Waals surface area contributed by atoms with Gasteiger partial charge >= 0.3 is 18.4 Å². The lowest BCUT2D eigenvalue weighted by molar-refractivity contribution is -0.274. The molecule has 13 heteroatoms. The number of amides is 2. The molecular weight excluding hydrogens is 462 g/mol. The molecule has 0 bridgehead atoms. The zero-order valence-corrected chi connectivity index (χ0v) is 18.4. The van der Waals surface area contributed by atoms with Crippen molar-refractivity contribution in [1.29, 1.82) is 0 Å². The van der Waals surface area contributed by atoms with Crippen LogP contribution in [0, 0.1) is 18.7 Å². The molecule has 34 heavy (non-hydrogen) atoms. The molecule has 2 aliphatic rings. The van der Waals surface area contributed by atoms with Crippen LogP contribution in [0.15, 0.2) is 22.7 Å². The smallest absolute Gasteiger partial charge is 0.406 e. The second kappa shape index (κ2) is 9.65.